The minimum atomic E-state index is -0.410. The lowest BCUT2D eigenvalue weighted by atomic mass is 9.85. The average molecular weight is 306 g/mol. The van der Waals surface area contributed by atoms with Crippen LogP contribution >= 0.6 is 12.4 Å². The molecule has 1 aliphatic carbocycles. The van der Waals surface area contributed by atoms with E-state index in [2.05, 4.69) is 10.6 Å². The third-order valence-electron chi connectivity index (χ3n) is 3.91. The smallest absolute Gasteiger partial charge is 0.240 e. The first-order valence-electron chi connectivity index (χ1n) is 7.10. The predicted molar refractivity (Wildman–Crippen MR) is 77.7 cm³/mol. The van der Waals surface area contributed by atoms with E-state index < -0.39 is 6.04 Å². The average Bonchev–Trinajstić information content (AvgIpc) is 2.35. The highest BCUT2D eigenvalue weighted by atomic mass is 35.5. The SMILES string of the molecule is Cl.O=C(CC1NCCN(CC2CCC2)C1=O)NCCO. The normalized spacial score (nSPS) is 22.9. The van der Waals surface area contributed by atoms with E-state index >= 15 is 0 Å². The molecule has 2 rings (SSSR count). The molecule has 2 amide bonds. The van der Waals surface area contributed by atoms with Gasteiger partial charge in [-0.25, -0.2) is 0 Å². The third-order valence-corrected chi connectivity index (χ3v) is 3.91. The van der Waals surface area contributed by atoms with Crippen molar-refractivity contribution in [1.29, 1.82) is 0 Å². The Hall–Kier alpha value is -0.850. The molecule has 1 atom stereocenters. The molecular formula is C13H24ClN3O3. The molecule has 0 aromatic carbocycles. The Morgan fingerprint density at radius 3 is 2.80 bits per heavy atom. The quantitative estimate of drug-likeness (QED) is 0.618. The molecular weight excluding hydrogens is 282 g/mol. The van der Waals surface area contributed by atoms with Crippen LogP contribution in [0.15, 0.2) is 0 Å². The minimum Gasteiger partial charge on any atom is -0.395 e. The standard InChI is InChI=1S/C13H23N3O3.ClH/c17-7-5-15-12(18)8-11-13(19)16(6-4-14-11)9-10-2-1-3-10;/h10-11,14,17H,1-9H2,(H,15,18);1H. The molecule has 0 aromatic heterocycles. The number of hydrogen-bond acceptors (Lipinski definition) is 4. The number of hydrogen-bond donors (Lipinski definition) is 3. The van der Waals surface area contributed by atoms with Crippen LogP contribution in [0.2, 0.25) is 0 Å². The van der Waals surface area contributed by atoms with Gasteiger partial charge in [0.1, 0.15) is 0 Å². The Balaban J connectivity index is 0.00000200. The summed E-state index contributed by atoms with van der Waals surface area (Å²) >= 11 is 0. The Morgan fingerprint density at radius 1 is 1.45 bits per heavy atom. The zero-order valence-corrected chi connectivity index (χ0v) is 12.5. The van der Waals surface area contributed by atoms with Gasteiger partial charge in [-0.05, 0) is 18.8 Å². The van der Waals surface area contributed by atoms with Crippen molar-refractivity contribution in [3.8, 4) is 0 Å². The van der Waals surface area contributed by atoms with Crippen molar-refractivity contribution < 1.29 is 14.7 Å². The van der Waals surface area contributed by atoms with Gasteiger partial charge in [0.05, 0.1) is 19.1 Å². The summed E-state index contributed by atoms with van der Waals surface area (Å²) in [5.41, 5.74) is 0. The molecule has 6 nitrogen and oxygen atoms in total. The molecule has 20 heavy (non-hydrogen) atoms. The van der Waals surface area contributed by atoms with Crippen molar-refractivity contribution in [2.75, 3.05) is 32.8 Å². The third kappa shape index (κ3) is 4.61. The molecule has 2 aliphatic rings. The number of piperazine rings is 1. The maximum absolute atomic E-state index is 12.2. The summed E-state index contributed by atoms with van der Waals surface area (Å²) in [5.74, 6) is 0.508. The van der Waals surface area contributed by atoms with Crippen LogP contribution < -0.4 is 10.6 Å². The van der Waals surface area contributed by atoms with Crippen LogP contribution in [-0.4, -0.2) is 60.6 Å². The molecule has 1 unspecified atom stereocenters. The van der Waals surface area contributed by atoms with Crippen molar-refractivity contribution in [3.05, 3.63) is 0 Å². The molecule has 0 spiro atoms. The summed E-state index contributed by atoms with van der Waals surface area (Å²) in [6.07, 6.45) is 3.87. The summed E-state index contributed by atoms with van der Waals surface area (Å²) in [7, 11) is 0. The fraction of sp³-hybridized carbons (Fsp3) is 0.846. The van der Waals surface area contributed by atoms with Crippen LogP contribution in [0.3, 0.4) is 0 Å². The fourth-order valence-corrected chi connectivity index (χ4v) is 2.57. The van der Waals surface area contributed by atoms with Gasteiger partial charge in [0, 0.05) is 26.2 Å². The maximum Gasteiger partial charge on any atom is 0.240 e. The van der Waals surface area contributed by atoms with Crippen LogP contribution in [0.25, 0.3) is 0 Å². The van der Waals surface area contributed by atoms with Gasteiger partial charge in [-0.1, -0.05) is 6.42 Å². The number of aliphatic hydroxyl groups is 1. The highest BCUT2D eigenvalue weighted by Gasteiger charge is 2.32. The van der Waals surface area contributed by atoms with Gasteiger partial charge in [-0.15, -0.1) is 12.4 Å². The highest BCUT2D eigenvalue weighted by Crippen LogP contribution is 2.27. The second-order valence-corrected chi connectivity index (χ2v) is 5.37. The fourth-order valence-electron chi connectivity index (χ4n) is 2.57. The van der Waals surface area contributed by atoms with Crippen LogP contribution in [0, 0.1) is 5.92 Å². The first-order chi connectivity index (χ1) is 9.20. The van der Waals surface area contributed by atoms with Gasteiger partial charge in [0.15, 0.2) is 0 Å². The number of aliphatic hydroxyl groups excluding tert-OH is 1. The Kier molecular flexibility index (Phi) is 7.26. The van der Waals surface area contributed by atoms with E-state index in [1.165, 1.54) is 19.3 Å². The maximum atomic E-state index is 12.2. The van der Waals surface area contributed by atoms with Gasteiger partial charge in [-0.2, -0.15) is 0 Å². The van der Waals surface area contributed by atoms with Crippen molar-refractivity contribution in [2.45, 2.75) is 31.7 Å². The molecule has 7 heteroatoms. The summed E-state index contributed by atoms with van der Waals surface area (Å²) in [5, 5.41) is 14.3. The zero-order chi connectivity index (χ0) is 13.7. The van der Waals surface area contributed by atoms with Crippen LogP contribution in [0.4, 0.5) is 0 Å². The second-order valence-electron chi connectivity index (χ2n) is 5.37. The summed E-state index contributed by atoms with van der Waals surface area (Å²) < 4.78 is 0. The van der Waals surface area contributed by atoms with Crippen molar-refractivity contribution >= 4 is 24.2 Å². The molecule has 3 N–H and O–H groups in total. The van der Waals surface area contributed by atoms with Crippen molar-refractivity contribution in [3.63, 3.8) is 0 Å². The molecule has 2 fully saturated rings. The van der Waals surface area contributed by atoms with Gasteiger partial charge in [0.2, 0.25) is 11.8 Å². The molecule has 1 aliphatic heterocycles. The Labute approximate surface area is 125 Å². The van der Waals surface area contributed by atoms with E-state index in [0.29, 0.717) is 5.92 Å². The van der Waals surface area contributed by atoms with Crippen molar-refractivity contribution in [2.24, 2.45) is 5.92 Å². The summed E-state index contributed by atoms with van der Waals surface area (Å²) in [6.45, 7) is 2.49. The van der Waals surface area contributed by atoms with E-state index in [9.17, 15) is 9.59 Å². The van der Waals surface area contributed by atoms with Gasteiger partial charge < -0.3 is 20.6 Å². The number of carbonyl (C=O) groups excluding carboxylic acids is 2. The number of amides is 2. The zero-order valence-electron chi connectivity index (χ0n) is 11.6. The van der Waals surface area contributed by atoms with E-state index in [4.69, 9.17) is 5.11 Å². The van der Waals surface area contributed by atoms with Crippen LogP contribution in [0.5, 0.6) is 0 Å². The number of rotatable bonds is 6. The lowest BCUT2D eigenvalue weighted by Gasteiger charge is -2.37. The molecule has 0 aromatic rings. The Morgan fingerprint density at radius 2 is 2.20 bits per heavy atom. The lowest BCUT2D eigenvalue weighted by molar-refractivity contribution is -0.139. The van der Waals surface area contributed by atoms with E-state index in [0.717, 1.165) is 19.6 Å². The molecule has 1 saturated carbocycles. The molecule has 116 valence electrons. The number of nitrogens with one attached hydrogen (secondary N) is 2. The summed E-state index contributed by atoms with van der Waals surface area (Å²) in [6, 6.07) is -0.410. The number of nitrogens with zero attached hydrogens (tertiary/aromatic N) is 1. The topological polar surface area (TPSA) is 81.7 Å². The molecule has 0 radical (unpaired) electrons. The largest absolute Gasteiger partial charge is 0.395 e. The second kappa shape index (κ2) is 8.44. The minimum absolute atomic E-state index is 0. The van der Waals surface area contributed by atoms with Crippen LogP contribution in [-0.2, 0) is 9.59 Å². The molecule has 0 bridgehead atoms. The van der Waals surface area contributed by atoms with Gasteiger partial charge in [0.25, 0.3) is 0 Å². The Bertz CT molecular complexity index is 337. The first kappa shape index (κ1) is 17.2. The monoisotopic (exact) mass is 305 g/mol. The van der Waals surface area contributed by atoms with E-state index in [1.54, 1.807) is 0 Å². The molecule has 1 heterocycles. The number of halogens is 1. The van der Waals surface area contributed by atoms with Crippen LogP contribution in [0.1, 0.15) is 25.7 Å². The van der Waals surface area contributed by atoms with E-state index in [-0.39, 0.29) is 43.8 Å². The lowest BCUT2D eigenvalue weighted by Crippen LogP contribution is -2.57. The molecule has 1 saturated heterocycles. The van der Waals surface area contributed by atoms with E-state index in [1.807, 2.05) is 4.90 Å². The van der Waals surface area contributed by atoms with Crippen molar-refractivity contribution in [1.82, 2.24) is 15.5 Å². The first-order valence-corrected chi connectivity index (χ1v) is 7.10. The van der Waals surface area contributed by atoms with Gasteiger partial charge in [-0.3, -0.25) is 9.59 Å². The summed E-state index contributed by atoms with van der Waals surface area (Å²) in [4.78, 5) is 25.7. The highest BCUT2D eigenvalue weighted by molar-refractivity contribution is 5.88. The van der Waals surface area contributed by atoms with Gasteiger partial charge >= 0.3 is 0 Å². The predicted octanol–water partition coefficient (Wildman–Crippen LogP) is -0.493. The number of carbonyl (C=O) groups is 2.